The Labute approximate surface area is 128 Å². The maximum atomic E-state index is 11.6. The van der Waals surface area contributed by atoms with Crippen LogP contribution in [0.15, 0.2) is 24.3 Å². The van der Waals surface area contributed by atoms with Crippen molar-refractivity contribution < 1.29 is 9.53 Å². The van der Waals surface area contributed by atoms with Gasteiger partial charge in [-0.1, -0.05) is 44.0 Å². The first-order valence-electron chi connectivity index (χ1n) is 8.33. The summed E-state index contributed by atoms with van der Waals surface area (Å²) in [6.07, 6.45) is 8.09. The molecule has 0 aromatic heterocycles. The van der Waals surface area contributed by atoms with Crippen LogP contribution in [0.5, 0.6) is 0 Å². The number of esters is 1. The minimum Gasteiger partial charge on any atom is -0.469 e. The quantitative estimate of drug-likeness (QED) is 0.710. The Hall–Kier alpha value is -1.31. The van der Waals surface area contributed by atoms with E-state index in [1.54, 1.807) is 0 Å². The molecule has 116 valence electrons. The SMILES string of the molecule is CCC[C@H]1CC[C@H](c2ccc(C(C)C(=O)OC)cc2)CC1. The molecule has 1 saturated carbocycles. The van der Waals surface area contributed by atoms with Crippen molar-refractivity contribution in [1.82, 2.24) is 0 Å². The lowest BCUT2D eigenvalue weighted by Crippen LogP contribution is -2.14. The van der Waals surface area contributed by atoms with Crippen molar-refractivity contribution >= 4 is 5.97 Å². The van der Waals surface area contributed by atoms with Gasteiger partial charge in [-0.25, -0.2) is 0 Å². The lowest BCUT2D eigenvalue weighted by Gasteiger charge is -2.28. The van der Waals surface area contributed by atoms with Crippen molar-refractivity contribution in [3.63, 3.8) is 0 Å². The van der Waals surface area contributed by atoms with Crippen LogP contribution in [-0.2, 0) is 9.53 Å². The molecule has 1 aromatic carbocycles. The Morgan fingerprint density at radius 3 is 2.33 bits per heavy atom. The van der Waals surface area contributed by atoms with Crippen molar-refractivity contribution in [1.29, 1.82) is 0 Å². The topological polar surface area (TPSA) is 26.3 Å². The minimum absolute atomic E-state index is 0.164. The summed E-state index contributed by atoms with van der Waals surface area (Å²) in [4.78, 5) is 11.6. The van der Waals surface area contributed by atoms with E-state index in [9.17, 15) is 4.79 Å². The highest BCUT2D eigenvalue weighted by Crippen LogP contribution is 2.37. The summed E-state index contributed by atoms with van der Waals surface area (Å²) in [5.74, 6) is 1.32. The van der Waals surface area contributed by atoms with E-state index in [0.717, 1.165) is 11.5 Å². The van der Waals surface area contributed by atoms with E-state index in [-0.39, 0.29) is 11.9 Å². The molecular weight excluding hydrogens is 260 g/mol. The molecule has 0 bridgehead atoms. The number of carbonyl (C=O) groups excluding carboxylic acids is 1. The van der Waals surface area contributed by atoms with Crippen LogP contribution in [0.4, 0.5) is 0 Å². The van der Waals surface area contributed by atoms with Crippen LogP contribution in [0, 0.1) is 5.92 Å². The zero-order valence-corrected chi connectivity index (χ0v) is 13.6. The third-order valence-electron chi connectivity index (χ3n) is 5.01. The Morgan fingerprint density at radius 2 is 1.81 bits per heavy atom. The molecule has 1 aliphatic rings. The van der Waals surface area contributed by atoms with Gasteiger partial charge in [-0.3, -0.25) is 4.79 Å². The molecule has 0 amide bonds. The molecule has 0 spiro atoms. The van der Waals surface area contributed by atoms with Gasteiger partial charge in [0.05, 0.1) is 13.0 Å². The van der Waals surface area contributed by atoms with Crippen molar-refractivity contribution in [2.24, 2.45) is 5.92 Å². The lowest BCUT2D eigenvalue weighted by atomic mass is 9.77. The predicted octanol–water partition coefficient (Wildman–Crippen LogP) is 5.04. The number of rotatable bonds is 5. The highest BCUT2D eigenvalue weighted by molar-refractivity contribution is 5.77. The second-order valence-corrected chi connectivity index (χ2v) is 6.42. The van der Waals surface area contributed by atoms with Crippen molar-refractivity contribution in [2.75, 3.05) is 7.11 Å². The summed E-state index contributed by atoms with van der Waals surface area (Å²) < 4.78 is 4.81. The van der Waals surface area contributed by atoms with Gasteiger partial charge in [0, 0.05) is 0 Å². The number of methoxy groups -OCH3 is 1. The van der Waals surface area contributed by atoms with Crippen LogP contribution in [0.25, 0.3) is 0 Å². The van der Waals surface area contributed by atoms with Gasteiger partial charge in [-0.15, -0.1) is 0 Å². The number of hydrogen-bond donors (Lipinski definition) is 0. The Morgan fingerprint density at radius 1 is 1.19 bits per heavy atom. The number of benzene rings is 1. The van der Waals surface area contributed by atoms with Crippen LogP contribution in [0.2, 0.25) is 0 Å². The highest BCUT2D eigenvalue weighted by atomic mass is 16.5. The molecule has 0 radical (unpaired) electrons. The molecule has 1 aromatic rings. The number of ether oxygens (including phenoxy) is 1. The predicted molar refractivity (Wildman–Crippen MR) is 86.5 cm³/mol. The van der Waals surface area contributed by atoms with Gasteiger partial charge < -0.3 is 4.74 Å². The second-order valence-electron chi connectivity index (χ2n) is 6.42. The highest BCUT2D eigenvalue weighted by Gasteiger charge is 2.22. The molecule has 2 heteroatoms. The van der Waals surface area contributed by atoms with Crippen molar-refractivity contribution in [3.05, 3.63) is 35.4 Å². The van der Waals surface area contributed by atoms with E-state index in [0.29, 0.717) is 5.92 Å². The summed E-state index contributed by atoms with van der Waals surface area (Å²) in [6, 6.07) is 8.60. The van der Waals surface area contributed by atoms with Crippen LogP contribution in [-0.4, -0.2) is 13.1 Å². The minimum atomic E-state index is -0.177. The first-order chi connectivity index (χ1) is 10.2. The average molecular weight is 288 g/mol. The summed E-state index contributed by atoms with van der Waals surface area (Å²) in [6.45, 7) is 4.18. The molecule has 1 aliphatic carbocycles. The molecule has 1 unspecified atom stereocenters. The fraction of sp³-hybridized carbons (Fsp3) is 0.632. The van der Waals surface area contributed by atoms with E-state index in [1.165, 1.54) is 51.2 Å². The molecule has 0 saturated heterocycles. The largest absolute Gasteiger partial charge is 0.469 e. The molecule has 0 aliphatic heterocycles. The van der Waals surface area contributed by atoms with Gasteiger partial charge in [0.15, 0.2) is 0 Å². The van der Waals surface area contributed by atoms with Crippen LogP contribution >= 0.6 is 0 Å². The lowest BCUT2D eigenvalue weighted by molar-refractivity contribution is -0.141. The van der Waals surface area contributed by atoms with E-state index >= 15 is 0 Å². The average Bonchev–Trinajstić information content (AvgIpc) is 2.54. The molecule has 21 heavy (non-hydrogen) atoms. The van der Waals surface area contributed by atoms with Gasteiger partial charge in [0.25, 0.3) is 0 Å². The van der Waals surface area contributed by atoms with E-state index in [1.807, 2.05) is 6.92 Å². The van der Waals surface area contributed by atoms with E-state index < -0.39 is 0 Å². The Kier molecular flexibility index (Phi) is 5.84. The normalized spacial score (nSPS) is 23.6. The van der Waals surface area contributed by atoms with Gasteiger partial charge in [-0.2, -0.15) is 0 Å². The van der Waals surface area contributed by atoms with Crippen LogP contribution in [0.3, 0.4) is 0 Å². The summed E-state index contributed by atoms with van der Waals surface area (Å²) in [5.41, 5.74) is 2.48. The van der Waals surface area contributed by atoms with Gasteiger partial charge in [0.2, 0.25) is 0 Å². The summed E-state index contributed by atoms with van der Waals surface area (Å²) in [7, 11) is 1.45. The Balaban J connectivity index is 1.95. The van der Waals surface area contributed by atoms with Gasteiger partial charge in [0.1, 0.15) is 0 Å². The molecule has 2 nitrogen and oxygen atoms in total. The third-order valence-corrected chi connectivity index (χ3v) is 5.01. The molecular formula is C19H28O2. The molecule has 1 atom stereocenters. The zero-order chi connectivity index (χ0) is 15.2. The van der Waals surface area contributed by atoms with Crippen molar-refractivity contribution in [3.8, 4) is 0 Å². The number of carbonyl (C=O) groups is 1. The fourth-order valence-corrected chi connectivity index (χ4v) is 3.56. The van der Waals surface area contributed by atoms with Crippen molar-refractivity contribution in [2.45, 2.75) is 64.2 Å². The zero-order valence-electron chi connectivity index (χ0n) is 13.6. The first-order valence-corrected chi connectivity index (χ1v) is 8.33. The molecule has 0 heterocycles. The smallest absolute Gasteiger partial charge is 0.312 e. The fourth-order valence-electron chi connectivity index (χ4n) is 3.56. The Bertz CT molecular complexity index is 441. The van der Waals surface area contributed by atoms with E-state index in [4.69, 9.17) is 4.74 Å². The summed E-state index contributed by atoms with van der Waals surface area (Å²) in [5, 5.41) is 0. The van der Waals surface area contributed by atoms with Crippen LogP contribution < -0.4 is 0 Å². The maximum Gasteiger partial charge on any atom is 0.312 e. The van der Waals surface area contributed by atoms with Crippen LogP contribution in [0.1, 0.15) is 75.3 Å². The third kappa shape index (κ3) is 4.09. The molecule has 1 fully saturated rings. The standard InChI is InChI=1S/C19H28O2/c1-4-5-15-6-8-17(9-7-15)18-12-10-16(11-13-18)14(2)19(20)21-3/h10-15,17H,4-9H2,1-3H3/t14?,15-,17-. The molecule has 0 N–H and O–H groups in total. The van der Waals surface area contributed by atoms with Gasteiger partial charge >= 0.3 is 5.97 Å². The molecule has 2 rings (SSSR count). The van der Waals surface area contributed by atoms with Gasteiger partial charge in [-0.05, 0) is 55.6 Å². The second kappa shape index (κ2) is 7.63. The monoisotopic (exact) mass is 288 g/mol. The number of hydrogen-bond acceptors (Lipinski definition) is 2. The van der Waals surface area contributed by atoms with E-state index in [2.05, 4.69) is 31.2 Å². The maximum absolute atomic E-state index is 11.6. The summed E-state index contributed by atoms with van der Waals surface area (Å²) >= 11 is 0. The first kappa shape index (κ1) is 16.1.